The number of fused-ring (bicyclic) bond motifs is 1. The fourth-order valence-electron chi connectivity index (χ4n) is 4.93. The van der Waals surface area contributed by atoms with Crippen molar-refractivity contribution in [2.24, 2.45) is 5.92 Å². The molecule has 2 aromatic heterocycles. The van der Waals surface area contributed by atoms with Crippen molar-refractivity contribution < 1.29 is 9.53 Å². The van der Waals surface area contributed by atoms with E-state index < -0.39 is 0 Å². The third-order valence-electron chi connectivity index (χ3n) is 7.10. The van der Waals surface area contributed by atoms with Gasteiger partial charge in [0.25, 0.3) is 0 Å². The number of piperidine rings is 1. The molecule has 8 heteroatoms. The minimum absolute atomic E-state index is 0.0346. The third-order valence-corrected chi connectivity index (χ3v) is 8.17. The van der Waals surface area contributed by atoms with E-state index in [9.17, 15) is 4.79 Å². The first-order chi connectivity index (χ1) is 19.1. The average Bonchev–Trinajstić information content (AvgIpc) is 3.41. The van der Waals surface area contributed by atoms with E-state index in [2.05, 4.69) is 45.3 Å². The second-order valence-corrected chi connectivity index (χ2v) is 10.9. The van der Waals surface area contributed by atoms with Crippen LogP contribution >= 0.6 is 11.3 Å². The number of aryl methyl sites for hydroxylation is 1. The Morgan fingerprint density at radius 2 is 1.79 bits per heavy atom. The fourth-order valence-corrected chi connectivity index (χ4v) is 6.00. The highest BCUT2D eigenvalue weighted by atomic mass is 32.1. The van der Waals surface area contributed by atoms with Crippen molar-refractivity contribution in [2.75, 3.05) is 30.4 Å². The molecule has 1 amide bonds. The molecule has 39 heavy (non-hydrogen) atoms. The number of rotatable bonds is 6. The van der Waals surface area contributed by atoms with Gasteiger partial charge < -0.3 is 15.0 Å². The lowest BCUT2D eigenvalue weighted by Gasteiger charge is -2.33. The van der Waals surface area contributed by atoms with Crippen molar-refractivity contribution in [3.8, 4) is 27.6 Å². The van der Waals surface area contributed by atoms with E-state index in [0.29, 0.717) is 6.54 Å². The molecule has 1 unspecified atom stereocenters. The minimum atomic E-state index is -0.120. The van der Waals surface area contributed by atoms with Gasteiger partial charge in [0.2, 0.25) is 5.91 Å². The second-order valence-electron chi connectivity index (χ2n) is 9.83. The number of thiazole rings is 1. The monoisotopic (exact) mass is 535 g/mol. The molecule has 1 N–H and O–H groups in total. The van der Waals surface area contributed by atoms with Gasteiger partial charge in [-0.2, -0.15) is 0 Å². The SMILES string of the molecule is COc1ccc(-c2cc(N3CCCC(C(=O)Nc4ccc(-c5nc6ccc(C)cc6s5)cc4)C3)ncn2)cc1. The smallest absolute Gasteiger partial charge is 0.229 e. The molecule has 1 aliphatic rings. The molecule has 0 bridgehead atoms. The van der Waals surface area contributed by atoms with Crippen LogP contribution in [0.25, 0.3) is 32.0 Å². The topological polar surface area (TPSA) is 80.2 Å². The number of hydrogen-bond donors (Lipinski definition) is 1. The van der Waals surface area contributed by atoms with Crippen molar-refractivity contribution in [1.82, 2.24) is 15.0 Å². The van der Waals surface area contributed by atoms with Crippen LogP contribution in [0.2, 0.25) is 0 Å². The van der Waals surface area contributed by atoms with E-state index in [4.69, 9.17) is 9.72 Å². The summed E-state index contributed by atoms with van der Waals surface area (Å²) >= 11 is 1.69. The number of benzene rings is 3. The van der Waals surface area contributed by atoms with Crippen LogP contribution in [0, 0.1) is 12.8 Å². The molecule has 5 aromatic rings. The quantitative estimate of drug-likeness (QED) is 0.264. The van der Waals surface area contributed by atoms with Crippen molar-refractivity contribution >= 4 is 39.0 Å². The summed E-state index contributed by atoms with van der Waals surface area (Å²) in [4.78, 5) is 29.1. The Balaban J connectivity index is 1.11. The zero-order valence-electron chi connectivity index (χ0n) is 21.9. The number of amides is 1. The lowest BCUT2D eigenvalue weighted by Crippen LogP contribution is -2.41. The molecular formula is C31H29N5O2S. The molecule has 7 nitrogen and oxygen atoms in total. The van der Waals surface area contributed by atoms with E-state index in [1.54, 1.807) is 24.8 Å². The summed E-state index contributed by atoms with van der Waals surface area (Å²) in [5.41, 5.74) is 5.93. The van der Waals surface area contributed by atoms with E-state index in [1.807, 2.05) is 54.6 Å². The van der Waals surface area contributed by atoms with Crippen LogP contribution in [0.4, 0.5) is 11.5 Å². The van der Waals surface area contributed by atoms with Gasteiger partial charge >= 0.3 is 0 Å². The Kier molecular flexibility index (Phi) is 6.94. The first kappa shape index (κ1) is 25.0. The number of ether oxygens (including phenoxy) is 1. The molecule has 0 radical (unpaired) electrons. The van der Waals surface area contributed by atoms with Crippen LogP contribution in [0.5, 0.6) is 5.75 Å². The summed E-state index contributed by atoms with van der Waals surface area (Å²) in [6.45, 7) is 3.57. The van der Waals surface area contributed by atoms with Gasteiger partial charge in [0, 0.05) is 36.0 Å². The predicted molar refractivity (Wildman–Crippen MR) is 157 cm³/mol. The van der Waals surface area contributed by atoms with E-state index in [-0.39, 0.29) is 11.8 Å². The first-order valence-corrected chi connectivity index (χ1v) is 13.9. The lowest BCUT2D eigenvalue weighted by atomic mass is 9.97. The maximum Gasteiger partial charge on any atom is 0.229 e. The predicted octanol–water partition coefficient (Wildman–Crippen LogP) is 6.59. The average molecular weight is 536 g/mol. The normalized spacial score (nSPS) is 15.3. The Morgan fingerprint density at radius 3 is 2.59 bits per heavy atom. The largest absolute Gasteiger partial charge is 0.497 e. The van der Waals surface area contributed by atoms with Crippen LogP contribution < -0.4 is 15.0 Å². The highest BCUT2D eigenvalue weighted by Gasteiger charge is 2.27. The van der Waals surface area contributed by atoms with Crippen molar-refractivity contribution in [1.29, 1.82) is 0 Å². The first-order valence-electron chi connectivity index (χ1n) is 13.1. The van der Waals surface area contributed by atoms with Crippen LogP contribution in [0.3, 0.4) is 0 Å². The lowest BCUT2D eigenvalue weighted by molar-refractivity contribution is -0.120. The zero-order chi connectivity index (χ0) is 26.8. The molecule has 0 saturated carbocycles. The van der Waals surface area contributed by atoms with Crippen LogP contribution in [-0.4, -0.2) is 41.1 Å². The molecule has 6 rings (SSSR count). The molecule has 0 spiro atoms. The van der Waals surface area contributed by atoms with Gasteiger partial charge in [-0.1, -0.05) is 6.07 Å². The number of methoxy groups -OCH3 is 1. The molecule has 1 saturated heterocycles. The van der Waals surface area contributed by atoms with Crippen LogP contribution in [0.1, 0.15) is 18.4 Å². The van der Waals surface area contributed by atoms with Gasteiger partial charge in [-0.05, 0) is 86.0 Å². The standard InChI is InChI=1S/C31H29N5O2S/c1-20-5-14-26-28(16-20)39-31(35-26)22-6-10-24(11-7-22)34-30(37)23-4-3-15-36(18-23)29-17-27(32-19-33-29)21-8-12-25(38-2)13-9-21/h5-14,16-17,19,23H,3-4,15,18H2,1-2H3,(H,34,37). The minimum Gasteiger partial charge on any atom is -0.497 e. The van der Waals surface area contributed by atoms with Gasteiger partial charge in [-0.3, -0.25) is 4.79 Å². The van der Waals surface area contributed by atoms with Crippen LogP contribution in [0.15, 0.2) is 79.1 Å². The molecule has 0 aliphatic carbocycles. The summed E-state index contributed by atoms with van der Waals surface area (Å²) in [6, 6.07) is 24.1. The molecule has 1 atom stereocenters. The number of carbonyl (C=O) groups excluding carboxylic acids is 1. The second kappa shape index (κ2) is 10.8. The number of aromatic nitrogens is 3. The summed E-state index contributed by atoms with van der Waals surface area (Å²) in [6.07, 6.45) is 3.37. The summed E-state index contributed by atoms with van der Waals surface area (Å²) < 4.78 is 6.44. The number of nitrogens with zero attached hydrogens (tertiary/aromatic N) is 4. The van der Waals surface area contributed by atoms with Crippen molar-refractivity contribution in [2.45, 2.75) is 19.8 Å². The summed E-state index contributed by atoms with van der Waals surface area (Å²) in [7, 11) is 1.65. The number of anilines is 2. The van der Waals surface area contributed by atoms with Gasteiger partial charge in [-0.15, -0.1) is 11.3 Å². The maximum absolute atomic E-state index is 13.2. The Hall–Kier alpha value is -4.30. The maximum atomic E-state index is 13.2. The molecule has 3 aromatic carbocycles. The van der Waals surface area contributed by atoms with E-state index in [0.717, 1.165) is 64.0 Å². The zero-order valence-corrected chi connectivity index (χ0v) is 22.7. The Labute approximate surface area is 231 Å². The van der Waals surface area contributed by atoms with Gasteiger partial charge in [0.05, 0.1) is 28.9 Å². The summed E-state index contributed by atoms with van der Waals surface area (Å²) in [5, 5.41) is 4.10. The van der Waals surface area contributed by atoms with Crippen molar-refractivity contribution in [3.63, 3.8) is 0 Å². The molecule has 3 heterocycles. The molecule has 1 fully saturated rings. The Morgan fingerprint density at radius 1 is 1.00 bits per heavy atom. The van der Waals surface area contributed by atoms with Gasteiger partial charge in [0.1, 0.15) is 22.9 Å². The van der Waals surface area contributed by atoms with Crippen LogP contribution in [-0.2, 0) is 4.79 Å². The van der Waals surface area contributed by atoms with Crippen molar-refractivity contribution in [3.05, 3.63) is 84.7 Å². The molecule has 196 valence electrons. The third kappa shape index (κ3) is 5.47. The van der Waals surface area contributed by atoms with E-state index >= 15 is 0 Å². The highest BCUT2D eigenvalue weighted by molar-refractivity contribution is 7.21. The van der Waals surface area contributed by atoms with Gasteiger partial charge in [0.15, 0.2) is 0 Å². The van der Waals surface area contributed by atoms with E-state index in [1.165, 1.54) is 10.3 Å². The number of carbonyl (C=O) groups is 1. The molecule has 1 aliphatic heterocycles. The number of nitrogens with one attached hydrogen (secondary N) is 1. The van der Waals surface area contributed by atoms with Gasteiger partial charge in [-0.25, -0.2) is 15.0 Å². The molecular weight excluding hydrogens is 506 g/mol. The number of hydrogen-bond acceptors (Lipinski definition) is 7. The Bertz CT molecular complexity index is 1610. The summed E-state index contributed by atoms with van der Waals surface area (Å²) in [5.74, 6) is 1.56. The highest BCUT2D eigenvalue weighted by Crippen LogP contribution is 2.32. The fraction of sp³-hybridized carbons (Fsp3) is 0.226.